The monoisotopic (exact) mass is 223 g/mol. The van der Waals surface area contributed by atoms with Crippen LogP contribution in [-0.2, 0) is 4.79 Å². The molecule has 1 aromatic heterocycles. The molecule has 1 unspecified atom stereocenters. The Morgan fingerprint density at radius 2 is 2.12 bits per heavy atom. The normalized spacial score (nSPS) is 12.5. The van der Waals surface area contributed by atoms with Crippen LogP contribution in [0.1, 0.15) is 38.8 Å². The van der Waals surface area contributed by atoms with E-state index in [0.717, 1.165) is 5.69 Å². The largest absolute Gasteiger partial charge is 0.481 e. The van der Waals surface area contributed by atoms with Crippen LogP contribution in [0.2, 0.25) is 0 Å². The summed E-state index contributed by atoms with van der Waals surface area (Å²) in [5.74, 6) is 0.184. The molecule has 88 valence electrons. The number of carboxylic acid groups (broad SMARTS) is 1. The molecule has 1 rings (SSSR count). The highest BCUT2D eigenvalue weighted by Crippen LogP contribution is 2.14. The average Bonchev–Trinajstić information content (AvgIpc) is 2.16. The van der Waals surface area contributed by atoms with Crippen LogP contribution in [0, 0.1) is 0 Å². The highest BCUT2D eigenvalue weighted by Gasteiger charge is 2.09. The average molecular weight is 223 g/mol. The fraction of sp³-hybridized carbons (Fsp3) is 0.545. The number of hydrogen-bond donors (Lipinski definition) is 2. The predicted octanol–water partition coefficient (Wildman–Crippen LogP) is 1.88. The molecular weight excluding hydrogens is 206 g/mol. The van der Waals surface area contributed by atoms with Crippen molar-refractivity contribution in [3.05, 3.63) is 18.1 Å². The van der Waals surface area contributed by atoms with E-state index in [2.05, 4.69) is 15.3 Å². The maximum atomic E-state index is 10.5. The van der Waals surface area contributed by atoms with Crippen LogP contribution in [0.5, 0.6) is 0 Å². The Labute approximate surface area is 94.9 Å². The Balaban J connectivity index is 2.66. The second kappa shape index (κ2) is 5.44. The van der Waals surface area contributed by atoms with Crippen LogP contribution in [0.3, 0.4) is 0 Å². The number of anilines is 1. The topological polar surface area (TPSA) is 75.1 Å². The van der Waals surface area contributed by atoms with E-state index in [1.54, 1.807) is 0 Å². The lowest BCUT2D eigenvalue weighted by atomic mass is 10.1. The van der Waals surface area contributed by atoms with Crippen molar-refractivity contribution in [2.24, 2.45) is 0 Å². The second-order valence-electron chi connectivity index (χ2n) is 4.13. The van der Waals surface area contributed by atoms with Crippen molar-refractivity contribution in [3.8, 4) is 0 Å². The number of carboxylic acids is 1. The van der Waals surface area contributed by atoms with Gasteiger partial charge in [0.15, 0.2) is 0 Å². The van der Waals surface area contributed by atoms with E-state index in [9.17, 15) is 4.79 Å². The zero-order valence-electron chi connectivity index (χ0n) is 9.77. The summed E-state index contributed by atoms with van der Waals surface area (Å²) >= 11 is 0. The Kier molecular flexibility index (Phi) is 4.22. The van der Waals surface area contributed by atoms with Gasteiger partial charge in [-0.2, -0.15) is 0 Å². The van der Waals surface area contributed by atoms with Gasteiger partial charge in [0.25, 0.3) is 0 Å². The number of carbonyl (C=O) groups is 1. The highest BCUT2D eigenvalue weighted by molar-refractivity contribution is 5.68. The van der Waals surface area contributed by atoms with Crippen molar-refractivity contribution < 1.29 is 9.90 Å². The fourth-order valence-corrected chi connectivity index (χ4v) is 1.33. The molecule has 0 saturated heterocycles. The van der Waals surface area contributed by atoms with E-state index in [1.165, 1.54) is 6.33 Å². The number of nitrogens with zero attached hydrogens (tertiary/aromatic N) is 2. The molecule has 0 aliphatic rings. The van der Waals surface area contributed by atoms with Crippen LogP contribution in [0.25, 0.3) is 0 Å². The van der Waals surface area contributed by atoms with E-state index in [4.69, 9.17) is 5.11 Å². The van der Waals surface area contributed by atoms with Gasteiger partial charge in [0.05, 0.1) is 6.42 Å². The van der Waals surface area contributed by atoms with Gasteiger partial charge in [0, 0.05) is 17.8 Å². The molecule has 2 N–H and O–H groups in total. The Morgan fingerprint density at radius 3 is 2.69 bits per heavy atom. The minimum atomic E-state index is -0.821. The summed E-state index contributed by atoms with van der Waals surface area (Å²) in [6.07, 6.45) is 1.56. The van der Waals surface area contributed by atoms with Crippen LogP contribution in [-0.4, -0.2) is 27.1 Å². The summed E-state index contributed by atoms with van der Waals surface area (Å²) < 4.78 is 0. The van der Waals surface area contributed by atoms with Gasteiger partial charge >= 0.3 is 5.97 Å². The van der Waals surface area contributed by atoms with Gasteiger partial charge in [-0.05, 0) is 12.8 Å². The quantitative estimate of drug-likeness (QED) is 0.797. The Morgan fingerprint density at radius 1 is 1.44 bits per heavy atom. The number of rotatable bonds is 5. The van der Waals surface area contributed by atoms with Gasteiger partial charge in [-0.3, -0.25) is 4.79 Å². The predicted molar refractivity (Wildman–Crippen MR) is 61.5 cm³/mol. The highest BCUT2D eigenvalue weighted by atomic mass is 16.4. The molecule has 0 aliphatic carbocycles. The third-order valence-corrected chi connectivity index (χ3v) is 2.15. The molecule has 1 atom stereocenters. The van der Waals surface area contributed by atoms with Crippen LogP contribution in [0.4, 0.5) is 5.82 Å². The van der Waals surface area contributed by atoms with E-state index in [0.29, 0.717) is 11.7 Å². The number of aromatic nitrogens is 2. The van der Waals surface area contributed by atoms with Gasteiger partial charge in [0.1, 0.15) is 12.1 Å². The summed E-state index contributed by atoms with van der Waals surface area (Å²) in [6.45, 7) is 5.91. The van der Waals surface area contributed by atoms with Crippen LogP contribution < -0.4 is 5.32 Å². The van der Waals surface area contributed by atoms with Crippen molar-refractivity contribution in [2.75, 3.05) is 5.32 Å². The number of aliphatic carboxylic acids is 1. The van der Waals surface area contributed by atoms with E-state index in [-0.39, 0.29) is 12.5 Å². The third-order valence-electron chi connectivity index (χ3n) is 2.15. The van der Waals surface area contributed by atoms with E-state index >= 15 is 0 Å². The molecule has 5 nitrogen and oxygen atoms in total. The van der Waals surface area contributed by atoms with Crippen molar-refractivity contribution in [1.29, 1.82) is 0 Å². The first kappa shape index (κ1) is 12.4. The van der Waals surface area contributed by atoms with Gasteiger partial charge in [0.2, 0.25) is 0 Å². The molecule has 0 amide bonds. The van der Waals surface area contributed by atoms with Crippen molar-refractivity contribution in [1.82, 2.24) is 9.97 Å². The molecule has 16 heavy (non-hydrogen) atoms. The first-order chi connectivity index (χ1) is 7.49. The number of hydrogen-bond acceptors (Lipinski definition) is 4. The molecular formula is C11H17N3O2. The minimum absolute atomic E-state index is 0.0705. The standard InChI is InChI=1S/C11H17N3O2/c1-7(2)9-5-10(13-6-12-9)14-8(3)4-11(15)16/h5-8H,4H2,1-3H3,(H,15,16)(H,12,13,14). The summed E-state index contributed by atoms with van der Waals surface area (Å²) in [4.78, 5) is 18.7. The third kappa shape index (κ3) is 3.84. The SMILES string of the molecule is CC(CC(=O)O)Nc1cc(C(C)C)ncn1. The van der Waals surface area contributed by atoms with Crippen LogP contribution in [0.15, 0.2) is 12.4 Å². The summed E-state index contributed by atoms with van der Waals surface area (Å²) in [5.41, 5.74) is 0.944. The van der Waals surface area contributed by atoms with Crippen molar-refractivity contribution >= 4 is 11.8 Å². The van der Waals surface area contributed by atoms with Crippen molar-refractivity contribution in [2.45, 2.75) is 39.2 Å². The molecule has 0 fully saturated rings. The second-order valence-corrected chi connectivity index (χ2v) is 4.13. The minimum Gasteiger partial charge on any atom is -0.481 e. The maximum absolute atomic E-state index is 10.5. The lowest BCUT2D eigenvalue weighted by Crippen LogP contribution is -2.20. The smallest absolute Gasteiger partial charge is 0.305 e. The lowest BCUT2D eigenvalue weighted by Gasteiger charge is -2.13. The number of nitrogens with one attached hydrogen (secondary N) is 1. The first-order valence-electron chi connectivity index (χ1n) is 5.29. The zero-order chi connectivity index (χ0) is 12.1. The van der Waals surface area contributed by atoms with Gasteiger partial charge in [-0.25, -0.2) is 9.97 Å². The summed E-state index contributed by atoms with van der Waals surface area (Å²) in [7, 11) is 0. The van der Waals surface area contributed by atoms with Gasteiger partial charge in [-0.15, -0.1) is 0 Å². The lowest BCUT2D eigenvalue weighted by molar-refractivity contribution is -0.137. The molecule has 5 heteroatoms. The first-order valence-corrected chi connectivity index (χ1v) is 5.29. The molecule has 0 saturated carbocycles. The molecule has 0 spiro atoms. The van der Waals surface area contributed by atoms with Crippen LogP contribution >= 0.6 is 0 Å². The summed E-state index contributed by atoms with van der Waals surface area (Å²) in [5, 5.41) is 11.7. The van der Waals surface area contributed by atoms with Gasteiger partial charge < -0.3 is 10.4 Å². The van der Waals surface area contributed by atoms with E-state index in [1.807, 2.05) is 26.8 Å². The van der Waals surface area contributed by atoms with Gasteiger partial charge in [-0.1, -0.05) is 13.8 Å². The van der Waals surface area contributed by atoms with Crippen molar-refractivity contribution in [3.63, 3.8) is 0 Å². The molecule has 0 bridgehead atoms. The Bertz CT molecular complexity index is 366. The Hall–Kier alpha value is -1.65. The molecule has 0 aliphatic heterocycles. The molecule has 0 radical (unpaired) electrons. The zero-order valence-corrected chi connectivity index (χ0v) is 9.77. The van der Waals surface area contributed by atoms with E-state index < -0.39 is 5.97 Å². The maximum Gasteiger partial charge on any atom is 0.305 e. The summed E-state index contributed by atoms with van der Waals surface area (Å²) in [6, 6.07) is 1.70. The fourth-order valence-electron chi connectivity index (χ4n) is 1.33. The molecule has 1 aromatic rings. The molecule has 0 aromatic carbocycles. The molecule has 1 heterocycles.